The third-order valence-corrected chi connectivity index (χ3v) is 6.19. The minimum Gasteiger partial charge on any atom is -0.497 e. The number of hydrogen-bond acceptors (Lipinski definition) is 4. The topological polar surface area (TPSA) is 75.7 Å². The van der Waals surface area contributed by atoms with Crippen molar-refractivity contribution in [3.05, 3.63) is 65.2 Å². The fourth-order valence-corrected chi connectivity index (χ4v) is 4.28. The first-order valence-electron chi connectivity index (χ1n) is 9.32. The van der Waals surface area contributed by atoms with Crippen molar-refractivity contribution in [2.75, 3.05) is 19.9 Å². The Balaban J connectivity index is 1.70. The van der Waals surface area contributed by atoms with E-state index < -0.39 is 10.0 Å². The van der Waals surface area contributed by atoms with Gasteiger partial charge in [-0.2, -0.15) is 4.31 Å². The van der Waals surface area contributed by atoms with Gasteiger partial charge in [0.25, 0.3) is 0 Å². The number of rotatable bonds is 7. The van der Waals surface area contributed by atoms with Gasteiger partial charge in [-0.15, -0.1) is 0 Å². The van der Waals surface area contributed by atoms with Crippen molar-refractivity contribution in [1.29, 1.82) is 0 Å². The largest absolute Gasteiger partial charge is 0.497 e. The highest BCUT2D eigenvalue weighted by molar-refractivity contribution is 7.88. The van der Waals surface area contributed by atoms with E-state index in [0.717, 1.165) is 42.4 Å². The molecule has 1 unspecified atom stereocenters. The van der Waals surface area contributed by atoms with Crippen molar-refractivity contribution in [2.45, 2.75) is 31.8 Å². The number of fused-ring (bicyclic) bond motifs is 1. The average molecular weight is 403 g/mol. The molecule has 0 aliphatic heterocycles. The van der Waals surface area contributed by atoms with Gasteiger partial charge in [0.05, 0.1) is 26.0 Å². The van der Waals surface area contributed by atoms with Gasteiger partial charge in [-0.25, -0.2) is 8.42 Å². The molecule has 2 aromatic rings. The molecule has 3 rings (SSSR count). The number of carbonyl (C=O) groups excluding carboxylic acids is 1. The van der Waals surface area contributed by atoms with Crippen LogP contribution in [0.3, 0.4) is 0 Å². The molecule has 2 aromatic carbocycles. The Morgan fingerprint density at radius 1 is 1.21 bits per heavy atom. The fourth-order valence-electron chi connectivity index (χ4n) is 3.55. The molecule has 150 valence electrons. The van der Waals surface area contributed by atoms with Crippen molar-refractivity contribution >= 4 is 15.9 Å². The Bertz CT molecular complexity index is 929. The van der Waals surface area contributed by atoms with E-state index in [2.05, 4.69) is 5.32 Å². The second-order valence-corrected chi connectivity index (χ2v) is 9.08. The number of hydrogen-bond donors (Lipinski definition) is 1. The van der Waals surface area contributed by atoms with Crippen LogP contribution in [0.4, 0.5) is 0 Å². The Labute approximate surface area is 166 Å². The lowest BCUT2D eigenvalue weighted by atomic mass is 9.87. The van der Waals surface area contributed by atoms with E-state index in [1.165, 1.54) is 9.87 Å². The van der Waals surface area contributed by atoms with Crippen LogP contribution in [0.15, 0.2) is 48.5 Å². The molecule has 0 radical (unpaired) electrons. The van der Waals surface area contributed by atoms with Gasteiger partial charge in [0.15, 0.2) is 0 Å². The molecule has 6 nitrogen and oxygen atoms in total. The number of benzene rings is 2. The van der Waals surface area contributed by atoms with Crippen molar-refractivity contribution < 1.29 is 17.9 Å². The predicted molar refractivity (Wildman–Crippen MR) is 109 cm³/mol. The lowest BCUT2D eigenvalue weighted by Crippen LogP contribution is -2.41. The number of nitrogens with one attached hydrogen (secondary N) is 1. The minimum absolute atomic E-state index is 0.111. The Kier molecular flexibility index (Phi) is 6.36. The minimum atomic E-state index is -3.51. The molecule has 0 spiro atoms. The van der Waals surface area contributed by atoms with Gasteiger partial charge in [0.1, 0.15) is 5.75 Å². The molecule has 1 amide bonds. The van der Waals surface area contributed by atoms with E-state index in [0.29, 0.717) is 0 Å². The van der Waals surface area contributed by atoms with Crippen LogP contribution in [-0.4, -0.2) is 38.5 Å². The second kappa shape index (κ2) is 8.75. The first-order chi connectivity index (χ1) is 13.4. The maximum Gasteiger partial charge on any atom is 0.235 e. The first kappa shape index (κ1) is 20.4. The molecule has 0 fully saturated rings. The zero-order valence-electron chi connectivity index (χ0n) is 16.2. The van der Waals surface area contributed by atoms with Gasteiger partial charge in [-0.3, -0.25) is 4.79 Å². The lowest BCUT2D eigenvalue weighted by Gasteiger charge is -2.28. The number of ether oxygens (including phenoxy) is 1. The summed E-state index contributed by atoms with van der Waals surface area (Å²) in [5.74, 6) is 0.506. The van der Waals surface area contributed by atoms with Gasteiger partial charge < -0.3 is 10.1 Å². The maximum atomic E-state index is 12.6. The molecule has 28 heavy (non-hydrogen) atoms. The Morgan fingerprint density at radius 3 is 2.64 bits per heavy atom. The first-order valence-corrected chi connectivity index (χ1v) is 11.2. The van der Waals surface area contributed by atoms with Crippen molar-refractivity contribution in [3.8, 4) is 5.75 Å². The molecule has 0 heterocycles. The van der Waals surface area contributed by atoms with Crippen LogP contribution in [0.1, 0.15) is 35.6 Å². The second-order valence-electron chi connectivity index (χ2n) is 7.09. The molecular weight excluding hydrogens is 376 g/mol. The summed E-state index contributed by atoms with van der Waals surface area (Å²) in [5.41, 5.74) is 3.09. The summed E-state index contributed by atoms with van der Waals surface area (Å²) in [5, 5.41) is 3.02. The van der Waals surface area contributed by atoms with Crippen LogP contribution in [0, 0.1) is 0 Å². The van der Waals surface area contributed by atoms with Crippen molar-refractivity contribution in [1.82, 2.24) is 9.62 Å². The van der Waals surface area contributed by atoms with Crippen LogP contribution in [0.2, 0.25) is 0 Å². The zero-order valence-corrected chi connectivity index (χ0v) is 17.0. The molecule has 1 aliphatic carbocycles. The van der Waals surface area contributed by atoms with E-state index >= 15 is 0 Å². The molecule has 7 heteroatoms. The maximum absolute atomic E-state index is 12.6. The molecule has 0 saturated heterocycles. The number of amides is 1. The number of aryl methyl sites for hydroxylation is 1. The Morgan fingerprint density at radius 2 is 1.96 bits per heavy atom. The third-order valence-electron chi connectivity index (χ3n) is 4.99. The van der Waals surface area contributed by atoms with Gasteiger partial charge in [0.2, 0.25) is 15.9 Å². The summed E-state index contributed by atoms with van der Waals surface area (Å²) in [6.07, 6.45) is 3.88. The highest BCUT2D eigenvalue weighted by atomic mass is 32.2. The molecule has 0 saturated carbocycles. The van der Waals surface area contributed by atoms with Gasteiger partial charge in [0, 0.05) is 6.54 Å². The number of nitrogens with zero attached hydrogens (tertiary/aromatic N) is 1. The van der Waals surface area contributed by atoms with Crippen molar-refractivity contribution in [3.63, 3.8) is 0 Å². The van der Waals surface area contributed by atoms with Crippen LogP contribution in [0.25, 0.3) is 0 Å². The highest BCUT2D eigenvalue weighted by Crippen LogP contribution is 2.32. The fraction of sp³-hybridized carbons (Fsp3) is 0.381. The molecule has 0 bridgehead atoms. The van der Waals surface area contributed by atoms with Gasteiger partial charge in [-0.05, 0) is 48.1 Å². The van der Waals surface area contributed by atoms with E-state index in [1.54, 1.807) is 7.11 Å². The summed E-state index contributed by atoms with van der Waals surface area (Å²) in [7, 11) is -1.88. The lowest BCUT2D eigenvalue weighted by molar-refractivity contribution is -0.122. The summed E-state index contributed by atoms with van der Waals surface area (Å²) in [6.45, 7) is -0.0265. The van der Waals surface area contributed by atoms with Crippen LogP contribution in [0.5, 0.6) is 5.75 Å². The summed E-state index contributed by atoms with van der Waals surface area (Å²) < 4.78 is 30.8. The number of carbonyl (C=O) groups is 1. The molecule has 0 aromatic heterocycles. The highest BCUT2D eigenvalue weighted by Gasteiger charge is 2.25. The van der Waals surface area contributed by atoms with Crippen LogP contribution in [-0.2, 0) is 27.8 Å². The van der Waals surface area contributed by atoms with Crippen LogP contribution < -0.4 is 10.1 Å². The van der Waals surface area contributed by atoms with Crippen molar-refractivity contribution in [2.24, 2.45) is 0 Å². The average Bonchev–Trinajstić information content (AvgIpc) is 2.67. The summed E-state index contributed by atoms with van der Waals surface area (Å²) in [4.78, 5) is 12.6. The van der Waals surface area contributed by atoms with E-state index in [9.17, 15) is 13.2 Å². The molecule has 1 N–H and O–H groups in total. The number of sulfonamides is 1. The smallest absolute Gasteiger partial charge is 0.235 e. The molecule has 1 aliphatic rings. The quantitative estimate of drug-likeness (QED) is 0.773. The molecular formula is C21H26N2O4S. The van der Waals surface area contributed by atoms with E-state index in [-0.39, 0.29) is 25.0 Å². The van der Waals surface area contributed by atoms with E-state index in [1.807, 2.05) is 48.5 Å². The zero-order chi connectivity index (χ0) is 20.1. The summed E-state index contributed by atoms with van der Waals surface area (Å²) in [6, 6.07) is 15.0. The SMILES string of the molecule is COc1ccc2c(c1)CCCC2NC(=O)CN(Cc1ccccc1)S(C)(=O)=O. The third kappa shape index (κ3) is 5.11. The Hall–Kier alpha value is -2.38. The standard InChI is InChI=1S/C21H26N2O4S/c1-27-18-11-12-19-17(13-18)9-6-10-20(19)22-21(24)15-23(28(2,25)26)14-16-7-4-3-5-8-16/h3-5,7-8,11-13,20H,6,9-10,14-15H2,1-2H3,(H,22,24). The van der Waals surface area contributed by atoms with Gasteiger partial charge >= 0.3 is 0 Å². The normalized spacial score (nSPS) is 16.5. The van der Waals surface area contributed by atoms with E-state index in [4.69, 9.17) is 4.74 Å². The summed E-state index contributed by atoms with van der Waals surface area (Å²) >= 11 is 0. The molecule has 1 atom stereocenters. The van der Waals surface area contributed by atoms with Gasteiger partial charge in [-0.1, -0.05) is 36.4 Å². The monoisotopic (exact) mass is 402 g/mol. The van der Waals surface area contributed by atoms with Crippen LogP contribution >= 0.6 is 0 Å². The number of methoxy groups -OCH3 is 1. The predicted octanol–water partition coefficient (Wildman–Crippen LogP) is 2.65.